The topological polar surface area (TPSA) is 38.3 Å². The van der Waals surface area contributed by atoms with E-state index in [0.29, 0.717) is 11.5 Å². The van der Waals surface area contributed by atoms with Crippen LogP contribution in [0.2, 0.25) is 0 Å². The number of anilines is 1. The van der Waals surface area contributed by atoms with E-state index in [1.54, 1.807) is 0 Å². The number of rotatable bonds is 4. The molecule has 2 aromatic rings. The molecule has 1 amide bonds. The lowest BCUT2D eigenvalue weighted by molar-refractivity contribution is 0.103. The zero-order valence-corrected chi connectivity index (χ0v) is 14.0. The van der Waals surface area contributed by atoms with Crippen molar-refractivity contribution in [3.05, 3.63) is 44.1 Å². The summed E-state index contributed by atoms with van der Waals surface area (Å²) in [6, 6.07) is 7.54. The van der Waals surface area contributed by atoms with Crippen molar-refractivity contribution in [2.24, 2.45) is 0 Å². The van der Waals surface area contributed by atoms with E-state index >= 15 is 0 Å². The van der Waals surface area contributed by atoms with E-state index in [2.05, 4.69) is 21.2 Å². The second-order valence-corrected chi connectivity index (χ2v) is 6.80. The fraction of sp³-hybridized carbons (Fsp3) is 0.267. The number of hydrogen-bond acceptors (Lipinski definition) is 3. The van der Waals surface area contributed by atoms with Gasteiger partial charge in [0.15, 0.2) is 0 Å². The van der Waals surface area contributed by atoms with Crippen LogP contribution in [0.1, 0.15) is 27.7 Å². The third kappa shape index (κ3) is 3.41. The molecule has 0 aliphatic rings. The van der Waals surface area contributed by atoms with Gasteiger partial charge in [-0.15, -0.1) is 11.3 Å². The average Bonchev–Trinajstić information content (AvgIpc) is 2.73. The van der Waals surface area contributed by atoms with Crippen LogP contribution in [0.3, 0.4) is 0 Å². The molecule has 1 aromatic heterocycles. The Balaban J connectivity index is 2.15. The first-order valence-electron chi connectivity index (χ1n) is 6.32. The second-order valence-electron chi connectivity index (χ2n) is 4.43. The van der Waals surface area contributed by atoms with Crippen molar-refractivity contribution in [2.45, 2.75) is 20.8 Å². The summed E-state index contributed by atoms with van der Waals surface area (Å²) in [6.07, 6.45) is 0. The number of aryl methyl sites for hydroxylation is 2. The number of benzene rings is 1. The molecule has 0 aliphatic carbocycles. The van der Waals surface area contributed by atoms with E-state index < -0.39 is 0 Å². The van der Waals surface area contributed by atoms with E-state index in [0.717, 1.165) is 26.4 Å². The maximum atomic E-state index is 12.2. The van der Waals surface area contributed by atoms with Crippen LogP contribution in [0.5, 0.6) is 5.75 Å². The van der Waals surface area contributed by atoms with Gasteiger partial charge in [-0.2, -0.15) is 0 Å². The molecule has 0 saturated heterocycles. The molecule has 0 spiro atoms. The molecular formula is C15H16BrNO2S. The van der Waals surface area contributed by atoms with Gasteiger partial charge in [0.05, 0.1) is 15.3 Å². The molecule has 5 heteroatoms. The molecule has 1 heterocycles. The molecule has 106 valence electrons. The molecule has 20 heavy (non-hydrogen) atoms. The molecular weight excluding hydrogens is 338 g/mol. The third-order valence-electron chi connectivity index (χ3n) is 2.84. The second kappa shape index (κ2) is 6.41. The summed E-state index contributed by atoms with van der Waals surface area (Å²) in [4.78, 5) is 12.9. The number of nitrogens with one attached hydrogen (secondary N) is 1. The molecule has 3 nitrogen and oxygen atoms in total. The van der Waals surface area contributed by atoms with Crippen LogP contribution in [0.25, 0.3) is 0 Å². The Morgan fingerprint density at radius 2 is 2.05 bits per heavy atom. The first-order valence-corrected chi connectivity index (χ1v) is 7.93. The van der Waals surface area contributed by atoms with Crippen molar-refractivity contribution in [1.29, 1.82) is 0 Å². The van der Waals surface area contributed by atoms with Gasteiger partial charge in [0.2, 0.25) is 0 Å². The predicted molar refractivity (Wildman–Crippen MR) is 87.1 cm³/mol. The van der Waals surface area contributed by atoms with Gasteiger partial charge in [0.1, 0.15) is 5.75 Å². The number of thiophene rings is 1. The van der Waals surface area contributed by atoms with Crippen molar-refractivity contribution < 1.29 is 9.53 Å². The van der Waals surface area contributed by atoms with Crippen molar-refractivity contribution in [1.82, 2.24) is 0 Å². The number of amides is 1. The third-order valence-corrected chi connectivity index (χ3v) is 4.97. The van der Waals surface area contributed by atoms with Crippen LogP contribution in [0.15, 0.2) is 28.1 Å². The van der Waals surface area contributed by atoms with Crippen LogP contribution in [-0.2, 0) is 0 Å². The van der Waals surface area contributed by atoms with E-state index in [9.17, 15) is 4.79 Å². The van der Waals surface area contributed by atoms with Crippen LogP contribution in [0, 0.1) is 13.8 Å². The zero-order chi connectivity index (χ0) is 14.7. The van der Waals surface area contributed by atoms with Gasteiger partial charge in [-0.05, 0) is 72.1 Å². The van der Waals surface area contributed by atoms with Crippen molar-refractivity contribution in [3.63, 3.8) is 0 Å². The molecule has 0 bridgehead atoms. The minimum absolute atomic E-state index is 0.0870. The van der Waals surface area contributed by atoms with Gasteiger partial charge >= 0.3 is 0 Å². The number of ether oxygens (including phenoxy) is 1. The highest BCUT2D eigenvalue weighted by Crippen LogP contribution is 2.28. The van der Waals surface area contributed by atoms with Gasteiger partial charge in [0.25, 0.3) is 5.91 Å². The highest BCUT2D eigenvalue weighted by Gasteiger charge is 2.12. The monoisotopic (exact) mass is 353 g/mol. The minimum Gasteiger partial charge on any atom is -0.494 e. The Bertz CT molecular complexity index is 617. The first-order chi connectivity index (χ1) is 9.51. The largest absolute Gasteiger partial charge is 0.494 e. The molecule has 0 saturated carbocycles. The summed E-state index contributed by atoms with van der Waals surface area (Å²) in [5.41, 5.74) is 2.86. The molecule has 0 unspecified atom stereocenters. The van der Waals surface area contributed by atoms with Crippen molar-refractivity contribution in [3.8, 4) is 5.75 Å². The van der Waals surface area contributed by atoms with E-state index in [-0.39, 0.29) is 5.91 Å². The number of carbonyl (C=O) groups excluding carboxylic acids is 1. The SMILES string of the molecule is CCOc1ccc(NC(=O)c2cc(C)c(Br)s2)c(C)c1. The normalized spacial score (nSPS) is 10.4. The van der Waals surface area contributed by atoms with E-state index in [4.69, 9.17) is 4.74 Å². The van der Waals surface area contributed by atoms with Gasteiger partial charge in [-0.3, -0.25) is 4.79 Å². The molecule has 1 aromatic carbocycles. The van der Waals surface area contributed by atoms with Crippen LogP contribution in [0.4, 0.5) is 5.69 Å². The Hall–Kier alpha value is -1.33. The van der Waals surface area contributed by atoms with E-state index in [1.165, 1.54) is 11.3 Å². The van der Waals surface area contributed by atoms with Gasteiger partial charge in [0, 0.05) is 5.69 Å². The molecule has 0 aliphatic heterocycles. The Morgan fingerprint density at radius 3 is 2.60 bits per heavy atom. The maximum Gasteiger partial charge on any atom is 0.265 e. The fourth-order valence-electron chi connectivity index (χ4n) is 1.79. The van der Waals surface area contributed by atoms with Crippen molar-refractivity contribution >= 4 is 38.9 Å². The first kappa shape index (κ1) is 15.1. The summed E-state index contributed by atoms with van der Waals surface area (Å²) in [7, 11) is 0. The smallest absolute Gasteiger partial charge is 0.265 e. The van der Waals surface area contributed by atoms with Crippen LogP contribution in [-0.4, -0.2) is 12.5 Å². The lowest BCUT2D eigenvalue weighted by Crippen LogP contribution is -2.11. The number of carbonyl (C=O) groups is 1. The highest BCUT2D eigenvalue weighted by molar-refractivity contribution is 9.11. The molecule has 0 radical (unpaired) electrons. The van der Waals surface area contributed by atoms with Crippen LogP contribution < -0.4 is 10.1 Å². The minimum atomic E-state index is -0.0870. The Morgan fingerprint density at radius 1 is 1.30 bits per heavy atom. The highest BCUT2D eigenvalue weighted by atomic mass is 79.9. The predicted octanol–water partition coefficient (Wildman–Crippen LogP) is 4.78. The lowest BCUT2D eigenvalue weighted by atomic mass is 10.2. The van der Waals surface area contributed by atoms with Gasteiger partial charge in [-0.1, -0.05) is 0 Å². The van der Waals surface area contributed by atoms with E-state index in [1.807, 2.05) is 45.0 Å². The summed E-state index contributed by atoms with van der Waals surface area (Å²) in [5.74, 6) is 0.730. The number of hydrogen-bond donors (Lipinski definition) is 1. The average molecular weight is 354 g/mol. The summed E-state index contributed by atoms with van der Waals surface area (Å²) >= 11 is 4.87. The maximum absolute atomic E-state index is 12.2. The molecule has 0 atom stereocenters. The van der Waals surface area contributed by atoms with Gasteiger partial charge in [-0.25, -0.2) is 0 Å². The quantitative estimate of drug-likeness (QED) is 0.858. The summed E-state index contributed by atoms with van der Waals surface area (Å²) in [5, 5.41) is 2.93. The molecule has 2 rings (SSSR count). The number of halogens is 1. The standard InChI is InChI=1S/C15H16BrNO2S/c1-4-19-11-5-6-12(9(2)7-11)17-15(18)13-8-10(3)14(16)20-13/h5-8H,4H2,1-3H3,(H,17,18). The Labute approximate surface area is 131 Å². The Kier molecular flexibility index (Phi) is 4.83. The van der Waals surface area contributed by atoms with Crippen molar-refractivity contribution in [2.75, 3.05) is 11.9 Å². The summed E-state index contributed by atoms with van der Waals surface area (Å²) < 4.78 is 6.43. The zero-order valence-electron chi connectivity index (χ0n) is 11.6. The van der Waals surface area contributed by atoms with Gasteiger partial charge < -0.3 is 10.1 Å². The van der Waals surface area contributed by atoms with Crippen LogP contribution >= 0.6 is 27.3 Å². The fourth-order valence-corrected chi connectivity index (χ4v) is 3.22. The lowest BCUT2D eigenvalue weighted by Gasteiger charge is -2.10. The molecule has 1 N–H and O–H groups in total. The summed E-state index contributed by atoms with van der Waals surface area (Å²) in [6.45, 7) is 6.50. The molecule has 0 fully saturated rings.